The van der Waals surface area contributed by atoms with Crippen molar-refractivity contribution in [3.8, 4) is 23.2 Å². The van der Waals surface area contributed by atoms with Gasteiger partial charge in [0.2, 0.25) is 5.91 Å². The highest BCUT2D eigenvalue weighted by atomic mass is 32.1. The third-order valence-electron chi connectivity index (χ3n) is 9.62. The molecule has 2 aromatic heterocycles. The number of methoxy groups -OCH3 is 1. The number of hydrogen-bond acceptors (Lipinski definition) is 9. The van der Waals surface area contributed by atoms with Gasteiger partial charge >= 0.3 is 12.2 Å². The van der Waals surface area contributed by atoms with E-state index < -0.39 is 40.6 Å². The molecule has 0 radical (unpaired) electrons. The van der Waals surface area contributed by atoms with Gasteiger partial charge in [-0.25, -0.2) is 13.2 Å². The van der Waals surface area contributed by atoms with Crippen molar-refractivity contribution in [1.82, 2.24) is 19.8 Å². The van der Waals surface area contributed by atoms with Gasteiger partial charge in [0.05, 0.1) is 22.9 Å². The molecule has 2 aromatic carbocycles. The first-order valence-corrected chi connectivity index (χ1v) is 17.8. The van der Waals surface area contributed by atoms with Gasteiger partial charge < -0.3 is 20.7 Å². The monoisotopic (exact) mass is 749 g/mol. The van der Waals surface area contributed by atoms with E-state index in [4.69, 9.17) is 10.5 Å². The first-order valence-electron chi connectivity index (χ1n) is 17.0. The molecule has 0 bridgehead atoms. The number of amides is 1. The lowest BCUT2D eigenvalue weighted by Crippen LogP contribution is -2.36. The Labute approximate surface area is 301 Å². The second-order valence-corrected chi connectivity index (χ2v) is 14.4. The van der Waals surface area contributed by atoms with Crippen LogP contribution in [0.15, 0.2) is 18.2 Å². The van der Waals surface area contributed by atoms with Gasteiger partial charge in [-0.3, -0.25) is 9.69 Å². The van der Waals surface area contributed by atoms with Crippen LogP contribution in [0.3, 0.4) is 0 Å². The number of nitrogens with one attached hydrogen (secondary N) is 1. The summed E-state index contributed by atoms with van der Waals surface area (Å²) in [6.07, 6.45) is 0.176. The van der Waals surface area contributed by atoms with E-state index in [-0.39, 0.29) is 49.3 Å². The molecule has 9 nitrogen and oxygen atoms in total. The molecular formula is C36H41F6N7O2S. The fraction of sp³-hybridized carbons (Fsp3) is 0.500. The van der Waals surface area contributed by atoms with Crippen LogP contribution in [0.4, 0.5) is 37.2 Å². The summed E-state index contributed by atoms with van der Waals surface area (Å²) in [5.74, 6) is -1.72. The van der Waals surface area contributed by atoms with E-state index in [2.05, 4.69) is 27.1 Å². The third-order valence-corrected chi connectivity index (χ3v) is 10.7. The summed E-state index contributed by atoms with van der Waals surface area (Å²) >= 11 is 0.695. The number of aromatic nitrogens is 2. The van der Waals surface area contributed by atoms with Gasteiger partial charge in [0.25, 0.3) is 0 Å². The maximum atomic E-state index is 15.8. The number of alkyl halides is 4. The number of nitriles is 1. The van der Waals surface area contributed by atoms with E-state index in [1.54, 1.807) is 6.07 Å². The summed E-state index contributed by atoms with van der Waals surface area (Å²) in [6.45, 7) is 8.89. The summed E-state index contributed by atoms with van der Waals surface area (Å²) in [5, 5.41) is 11.5. The Kier molecular flexibility index (Phi) is 11.7. The van der Waals surface area contributed by atoms with Gasteiger partial charge in [0.1, 0.15) is 34.4 Å². The Morgan fingerprint density at radius 2 is 1.88 bits per heavy atom. The number of carbonyl (C=O) groups excluding carboxylic acids is 1. The lowest BCUT2D eigenvalue weighted by atomic mass is 9.92. The first kappa shape index (κ1) is 38.9. The Bertz CT molecular complexity index is 1980. The molecule has 7 rings (SSSR count). The van der Waals surface area contributed by atoms with Crippen molar-refractivity contribution in [2.45, 2.75) is 77.3 Å². The van der Waals surface area contributed by atoms with Crippen LogP contribution in [0.5, 0.6) is 6.01 Å². The minimum atomic E-state index is -5.00. The highest BCUT2D eigenvalue weighted by Crippen LogP contribution is 2.47. The van der Waals surface area contributed by atoms with Crippen LogP contribution >= 0.6 is 11.3 Å². The first-order chi connectivity index (χ1) is 24.6. The number of benzene rings is 2. The molecule has 0 saturated carbocycles. The minimum Gasteiger partial charge on any atom is -0.467 e. The number of nitrogens with two attached hydrogens (primary N) is 1. The number of likely N-dealkylation sites (tertiary alicyclic amines) is 1. The second-order valence-electron chi connectivity index (χ2n) is 13.4. The molecule has 3 aliphatic rings. The Morgan fingerprint density at radius 3 is 2.46 bits per heavy atom. The third kappa shape index (κ3) is 7.71. The largest absolute Gasteiger partial charge is 0.467 e. The number of carbonyl (C=O) groups is 1. The van der Waals surface area contributed by atoms with Crippen molar-refractivity contribution in [1.29, 1.82) is 5.26 Å². The van der Waals surface area contributed by atoms with Gasteiger partial charge in [-0.05, 0) is 63.3 Å². The molecule has 280 valence electrons. The highest BCUT2D eigenvalue weighted by Gasteiger charge is 2.38. The lowest BCUT2D eigenvalue weighted by molar-refractivity contribution is -0.137. The summed E-state index contributed by atoms with van der Waals surface area (Å²) < 4.78 is 89.8. The molecule has 5 heterocycles. The number of rotatable bonds is 4. The average molecular weight is 750 g/mol. The quantitative estimate of drug-likeness (QED) is 0.201. The van der Waals surface area contributed by atoms with Crippen molar-refractivity contribution in [2.75, 3.05) is 44.8 Å². The number of nitrogens with zero attached hydrogens (tertiary/aromatic N) is 5. The normalized spacial score (nSPS) is 20.0. The average Bonchev–Trinajstić information content (AvgIpc) is 3.88. The number of ether oxygens (including phenoxy) is 1. The Balaban J connectivity index is 0.000000210. The summed E-state index contributed by atoms with van der Waals surface area (Å²) in [4.78, 5) is 23.6. The van der Waals surface area contributed by atoms with Crippen molar-refractivity contribution in [2.24, 2.45) is 5.92 Å². The molecule has 0 spiro atoms. The molecule has 3 atom stereocenters. The van der Waals surface area contributed by atoms with Crippen LogP contribution in [0.2, 0.25) is 0 Å². The highest BCUT2D eigenvalue weighted by molar-refractivity contribution is 7.23. The number of fused-ring (bicyclic) bond motifs is 3. The number of halogens is 6. The lowest BCUT2D eigenvalue weighted by Gasteiger charge is -2.23. The molecule has 3 N–H and O–H groups in total. The van der Waals surface area contributed by atoms with Crippen LogP contribution in [-0.2, 0) is 11.0 Å². The van der Waals surface area contributed by atoms with Gasteiger partial charge in [0.15, 0.2) is 5.82 Å². The summed E-state index contributed by atoms with van der Waals surface area (Å²) in [5.41, 5.74) is 2.55. The number of anilines is 2. The molecule has 1 amide bonds. The molecule has 3 fully saturated rings. The molecule has 3 aliphatic heterocycles. The predicted molar refractivity (Wildman–Crippen MR) is 190 cm³/mol. The fourth-order valence-electron chi connectivity index (χ4n) is 7.10. The van der Waals surface area contributed by atoms with E-state index in [1.807, 2.05) is 18.7 Å². The Hall–Kier alpha value is -4.36. The molecule has 52 heavy (non-hydrogen) atoms. The number of hydrogen-bond donors (Lipinski definition) is 2. The molecule has 3 saturated heterocycles. The van der Waals surface area contributed by atoms with Gasteiger partial charge in [-0.1, -0.05) is 19.9 Å². The fourth-order valence-corrected chi connectivity index (χ4v) is 8.05. The second kappa shape index (κ2) is 15.7. The maximum Gasteiger partial charge on any atom is 0.417 e. The number of nitrogen functional groups attached to an aromatic ring is 1. The smallest absolute Gasteiger partial charge is 0.417 e. The van der Waals surface area contributed by atoms with Gasteiger partial charge in [-0.15, -0.1) is 11.3 Å². The Morgan fingerprint density at radius 1 is 1.17 bits per heavy atom. The van der Waals surface area contributed by atoms with E-state index in [0.717, 1.165) is 31.6 Å². The van der Waals surface area contributed by atoms with Crippen LogP contribution in [0.1, 0.15) is 64.0 Å². The zero-order chi connectivity index (χ0) is 38.1. The molecule has 3 unspecified atom stereocenters. The topological polar surface area (TPSA) is 120 Å². The van der Waals surface area contributed by atoms with Crippen LogP contribution in [0, 0.1) is 28.9 Å². The van der Waals surface area contributed by atoms with Gasteiger partial charge in [0, 0.05) is 54.5 Å². The van der Waals surface area contributed by atoms with Gasteiger partial charge in [-0.2, -0.15) is 28.4 Å². The van der Waals surface area contributed by atoms with E-state index in [1.165, 1.54) is 39.8 Å². The van der Waals surface area contributed by atoms with Crippen LogP contribution < -0.4 is 15.8 Å². The van der Waals surface area contributed by atoms with Crippen molar-refractivity contribution >= 4 is 49.1 Å². The van der Waals surface area contributed by atoms with Crippen LogP contribution in [0.25, 0.3) is 32.1 Å². The van der Waals surface area contributed by atoms with Crippen LogP contribution in [-0.4, -0.2) is 77.7 Å². The van der Waals surface area contributed by atoms with E-state index in [9.17, 15) is 32.0 Å². The number of thiophene rings is 1. The maximum absolute atomic E-state index is 15.8. The zero-order valence-electron chi connectivity index (χ0n) is 29.5. The minimum absolute atomic E-state index is 0.0791. The molecule has 4 aromatic rings. The molecule has 16 heteroatoms. The SMILES string of the molecule is CC(C)C(=O)N1CCCC1C.CNc1nc(OC)nc2c(F)c(-c3ccc(F)c4sc(N)c(C#N)c34)c(C(F)(F)F)cc12.FC1CC2CCCN2C1. The summed E-state index contributed by atoms with van der Waals surface area (Å²) in [7, 11) is 2.62. The van der Waals surface area contributed by atoms with E-state index in [0.29, 0.717) is 41.9 Å². The van der Waals surface area contributed by atoms with E-state index >= 15 is 4.39 Å². The molecule has 0 aliphatic carbocycles. The zero-order valence-corrected chi connectivity index (χ0v) is 30.3. The van der Waals surface area contributed by atoms with Crippen molar-refractivity contribution in [3.63, 3.8) is 0 Å². The summed E-state index contributed by atoms with van der Waals surface area (Å²) in [6, 6.07) is 5.18. The standard InChI is InChI=1S/C20H12F5N5OS.C9H17NO.C7H12FN/c1-28-18-8-5-10(20(23,24)25)13(14(22)15(8)29-19(30-18)31-2)7-3-4-11(21)16-12(7)9(6-26)17(27)32-16;1-7(2)9(11)10-6-4-5-8(10)3;8-6-4-7-2-1-3-9(7)5-6/h3-5H,27H2,1-2H3,(H,28,29,30);7-8H,4-6H2,1-3H3;6-7H,1-5H2. The van der Waals surface area contributed by atoms with Crippen molar-refractivity contribution < 1.29 is 35.9 Å². The predicted octanol–water partition coefficient (Wildman–Crippen LogP) is 8.16. The molecular weight excluding hydrogens is 708 g/mol. The van der Waals surface area contributed by atoms with Crippen molar-refractivity contribution in [3.05, 3.63) is 41.0 Å².